The van der Waals surface area contributed by atoms with Gasteiger partial charge >= 0.3 is 0 Å². The summed E-state index contributed by atoms with van der Waals surface area (Å²) in [7, 11) is 0. The van der Waals surface area contributed by atoms with Gasteiger partial charge in [0.25, 0.3) is 5.91 Å². The van der Waals surface area contributed by atoms with E-state index < -0.39 is 0 Å². The monoisotopic (exact) mass is 354 g/mol. The van der Waals surface area contributed by atoms with Crippen molar-refractivity contribution in [1.82, 2.24) is 0 Å². The number of nitrogens with one attached hydrogen (secondary N) is 1. The first kappa shape index (κ1) is 12.7. The average molecular weight is 354 g/mol. The zero-order valence-electron chi connectivity index (χ0n) is 9.35. The Balaban J connectivity index is 2.19. The standard InChI is InChI=1S/C13H11IN2O2/c14-11-5-4-8(6-12(11)17)13(18)16-10-3-1-2-9(15)7-10/h1-7,17H,15H2,(H,16,18). The second-order valence-corrected chi connectivity index (χ2v) is 4.91. The first-order valence-electron chi connectivity index (χ1n) is 5.21. The fraction of sp³-hybridized carbons (Fsp3) is 0. The Bertz CT molecular complexity index is 599. The highest BCUT2D eigenvalue weighted by atomic mass is 127. The van der Waals surface area contributed by atoms with Gasteiger partial charge in [-0.3, -0.25) is 4.79 Å². The fourth-order valence-corrected chi connectivity index (χ4v) is 1.81. The molecule has 0 aliphatic rings. The largest absolute Gasteiger partial charge is 0.507 e. The highest BCUT2D eigenvalue weighted by Gasteiger charge is 2.08. The van der Waals surface area contributed by atoms with Crippen LogP contribution in [0.1, 0.15) is 10.4 Å². The number of phenols is 1. The minimum Gasteiger partial charge on any atom is -0.507 e. The van der Waals surface area contributed by atoms with Gasteiger partial charge in [-0.25, -0.2) is 0 Å². The predicted octanol–water partition coefficient (Wildman–Crippen LogP) is 2.83. The predicted molar refractivity (Wildman–Crippen MR) is 79.6 cm³/mol. The molecule has 2 aromatic carbocycles. The van der Waals surface area contributed by atoms with Gasteiger partial charge < -0.3 is 16.2 Å². The molecule has 0 saturated carbocycles. The van der Waals surface area contributed by atoms with Crippen LogP contribution in [-0.4, -0.2) is 11.0 Å². The summed E-state index contributed by atoms with van der Waals surface area (Å²) < 4.78 is 0.702. The van der Waals surface area contributed by atoms with E-state index in [0.717, 1.165) is 0 Å². The third kappa shape index (κ3) is 2.92. The van der Waals surface area contributed by atoms with Crippen LogP contribution < -0.4 is 11.1 Å². The Kier molecular flexibility index (Phi) is 3.71. The molecule has 92 valence electrons. The Hall–Kier alpha value is -1.76. The minimum atomic E-state index is -0.285. The van der Waals surface area contributed by atoms with E-state index in [1.165, 1.54) is 6.07 Å². The Morgan fingerprint density at radius 1 is 1.22 bits per heavy atom. The Morgan fingerprint density at radius 3 is 2.67 bits per heavy atom. The summed E-state index contributed by atoms with van der Waals surface area (Å²) in [6.07, 6.45) is 0. The third-order valence-electron chi connectivity index (χ3n) is 2.35. The van der Waals surface area contributed by atoms with Crippen molar-refractivity contribution < 1.29 is 9.90 Å². The summed E-state index contributed by atoms with van der Waals surface area (Å²) in [4.78, 5) is 11.9. The van der Waals surface area contributed by atoms with Crippen molar-refractivity contribution in [3.63, 3.8) is 0 Å². The second kappa shape index (κ2) is 5.26. The molecule has 0 aliphatic heterocycles. The van der Waals surface area contributed by atoms with Crippen LogP contribution >= 0.6 is 22.6 Å². The minimum absolute atomic E-state index is 0.0934. The summed E-state index contributed by atoms with van der Waals surface area (Å²) >= 11 is 1.99. The Morgan fingerprint density at radius 2 is 2.00 bits per heavy atom. The molecule has 4 N–H and O–H groups in total. The van der Waals surface area contributed by atoms with Crippen molar-refractivity contribution >= 4 is 39.9 Å². The molecule has 0 heterocycles. The number of rotatable bonds is 2. The van der Waals surface area contributed by atoms with Crippen molar-refractivity contribution in [2.24, 2.45) is 0 Å². The molecule has 0 saturated heterocycles. The molecule has 0 aliphatic carbocycles. The van der Waals surface area contributed by atoms with E-state index in [0.29, 0.717) is 20.5 Å². The number of carbonyl (C=O) groups is 1. The average Bonchev–Trinajstić information content (AvgIpc) is 2.32. The van der Waals surface area contributed by atoms with E-state index in [-0.39, 0.29) is 11.7 Å². The first-order chi connectivity index (χ1) is 8.56. The number of amides is 1. The van der Waals surface area contributed by atoms with E-state index in [1.807, 2.05) is 22.6 Å². The van der Waals surface area contributed by atoms with Crippen LogP contribution in [0.15, 0.2) is 42.5 Å². The smallest absolute Gasteiger partial charge is 0.255 e. The number of nitrogens with two attached hydrogens (primary N) is 1. The molecule has 2 rings (SSSR count). The molecule has 1 amide bonds. The van der Waals surface area contributed by atoms with E-state index in [4.69, 9.17) is 5.73 Å². The van der Waals surface area contributed by atoms with Gasteiger partial charge in [0.1, 0.15) is 5.75 Å². The van der Waals surface area contributed by atoms with Crippen LogP contribution in [0.25, 0.3) is 0 Å². The number of anilines is 2. The normalized spacial score (nSPS) is 10.1. The van der Waals surface area contributed by atoms with Crippen LogP contribution in [0.3, 0.4) is 0 Å². The molecule has 0 fully saturated rings. The maximum atomic E-state index is 11.9. The van der Waals surface area contributed by atoms with Crippen LogP contribution in [-0.2, 0) is 0 Å². The van der Waals surface area contributed by atoms with E-state index in [9.17, 15) is 9.90 Å². The maximum absolute atomic E-state index is 11.9. The quantitative estimate of drug-likeness (QED) is 0.574. The molecule has 0 radical (unpaired) electrons. The van der Waals surface area contributed by atoms with E-state index in [2.05, 4.69) is 5.32 Å². The highest BCUT2D eigenvalue weighted by Crippen LogP contribution is 2.21. The Labute approximate surface area is 118 Å². The fourth-order valence-electron chi connectivity index (χ4n) is 1.47. The SMILES string of the molecule is Nc1cccc(NC(=O)c2ccc(I)c(O)c2)c1. The van der Waals surface area contributed by atoms with Crippen LogP contribution in [0.2, 0.25) is 0 Å². The molecule has 4 nitrogen and oxygen atoms in total. The summed E-state index contributed by atoms with van der Waals surface area (Å²) in [6, 6.07) is 11.7. The van der Waals surface area contributed by atoms with Gasteiger partial charge in [0.15, 0.2) is 0 Å². The topological polar surface area (TPSA) is 75.3 Å². The number of benzene rings is 2. The summed E-state index contributed by atoms with van der Waals surface area (Å²) in [5, 5.41) is 12.3. The van der Waals surface area contributed by atoms with E-state index in [1.54, 1.807) is 36.4 Å². The molecule has 0 spiro atoms. The van der Waals surface area contributed by atoms with Gasteiger partial charge in [-0.1, -0.05) is 6.07 Å². The van der Waals surface area contributed by atoms with Gasteiger partial charge in [0, 0.05) is 16.9 Å². The molecule has 0 atom stereocenters. The van der Waals surface area contributed by atoms with Crippen molar-refractivity contribution in [3.05, 3.63) is 51.6 Å². The summed E-state index contributed by atoms with van der Waals surface area (Å²) in [6.45, 7) is 0. The van der Waals surface area contributed by atoms with Gasteiger partial charge in [0.05, 0.1) is 3.57 Å². The van der Waals surface area contributed by atoms with Crippen molar-refractivity contribution in [2.45, 2.75) is 0 Å². The van der Waals surface area contributed by atoms with Crippen molar-refractivity contribution in [3.8, 4) is 5.75 Å². The lowest BCUT2D eigenvalue weighted by atomic mass is 10.2. The van der Waals surface area contributed by atoms with Crippen molar-refractivity contribution in [2.75, 3.05) is 11.1 Å². The molecular weight excluding hydrogens is 343 g/mol. The number of hydrogen-bond donors (Lipinski definition) is 3. The zero-order valence-corrected chi connectivity index (χ0v) is 11.5. The number of phenolic OH excluding ortho intramolecular Hbond substituents is 1. The van der Waals surface area contributed by atoms with Gasteiger partial charge in [0.2, 0.25) is 0 Å². The lowest BCUT2D eigenvalue weighted by Gasteiger charge is -2.06. The number of nitrogen functional groups attached to an aromatic ring is 1. The molecule has 0 aromatic heterocycles. The number of hydrogen-bond acceptors (Lipinski definition) is 3. The molecule has 2 aromatic rings. The lowest BCUT2D eigenvalue weighted by Crippen LogP contribution is -2.11. The lowest BCUT2D eigenvalue weighted by molar-refractivity contribution is 0.102. The molecule has 18 heavy (non-hydrogen) atoms. The van der Waals surface area contributed by atoms with E-state index >= 15 is 0 Å². The first-order valence-corrected chi connectivity index (χ1v) is 6.29. The molecular formula is C13H11IN2O2. The molecule has 0 unspecified atom stereocenters. The van der Waals surface area contributed by atoms with Gasteiger partial charge in [-0.2, -0.15) is 0 Å². The summed E-state index contributed by atoms with van der Waals surface area (Å²) in [5.74, 6) is -0.192. The second-order valence-electron chi connectivity index (χ2n) is 3.75. The zero-order chi connectivity index (χ0) is 13.1. The number of aromatic hydroxyl groups is 1. The van der Waals surface area contributed by atoms with Crippen LogP contribution in [0.4, 0.5) is 11.4 Å². The van der Waals surface area contributed by atoms with Crippen LogP contribution in [0, 0.1) is 3.57 Å². The van der Waals surface area contributed by atoms with Gasteiger partial charge in [-0.15, -0.1) is 0 Å². The molecule has 0 bridgehead atoms. The molecule has 5 heteroatoms. The highest BCUT2D eigenvalue weighted by molar-refractivity contribution is 14.1. The van der Waals surface area contributed by atoms with Crippen LogP contribution in [0.5, 0.6) is 5.75 Å². The van der Waals surface area contributed by atoms with Gasteiger partial charge in [-0.05, 0) is 59.0 Å². The maximum Gasteiger partial charge on any atom is 0.255 e. The number of halogens is 1. The van der Waals surface area contributed by atoms with Crippen molar-refractivity contribution in [1.29, 1.82) is 0 Å². The number of carbonyl (C=O) groups excluding carboxylic acids is 1. The summed E-state index contributed by atoms with van der Waals surface area (Å²) in [5.41, 5.74) is 7.23. The third-order valence-corrected chi connectivity index (χ3v) is 3.27.